The SMILES string of the molecule is C[C@H]1[C@H](NC(=O)c2ccc(Oc3ccccc3NS(C)(=O)=O)s2)C2CCN1CC2. The number of hydrogen-bond donors (Lipinski definition) is 2. The summed E-state index contributed by atoms with van der Waals surface area (Å²) in [5, 5.41) is 3.75. The summed E-state index contributed by atoms with van der Waals surface area (Å²) < 4.78 is 31.4. The molecule has 3 fully saturated rings. The van der Waals surface area contributed by atoms with E-state index in [9.17, 15) is 13.2 Å². The van der Waals surface area contributed by atoms with Crippen LogP contribution in [0.1, 0.15) is 29.4 Å². The number of sulfonamides is 1. The Morgan fingerprint density at radius 2 is 1.90 bits per heavy atom. The number of para-hydroxylation sites is 2. The first-order chi connectivity index (χ1) is 13.8. The Labute approximate surface area is 175 Å². The number of thiophene rings is 1. The van der Waals surface area contributed by atoms with Crippen LogP contribution in [0.2, 0.25) is 0 Å². The molecule has 9 heteroatoms. The largest absolute Gasteiger partial charge is 0.444 e. The highest BCUT2D eigenvalue weighted by atomic mass is 32.2. The van der Waals surface area contributed by atoms with Gasteiger partial charge in [0.05, 0.1) is 16.8 Å². The van der Waals surface area contributed by atoms with Gasteiger partial charge in [0.15, 0.2) is 10.8 Å². The minimum Gasteiger partial charge on any atom is -0.444 e. The van der Waals surface area contributed by atoms with Crippen LogP contribution < -0.4 is 14.8 Å². The van der Waals surface area contributed by atoms with E-state index in [1.165, 1.54) is 11.3 Å². The predicted molar refractivity (Wildman–Crippen MR) is 114 cm³/mol. The molecular formula is C20H25N3O4S2. The number of nitrogens with zero attached hydrogens (tertiary/aromatic N) is 1. The van der Waals surface area contributed by atoms with Gasteiger partial charge in [-0.1, -0.05) is 23.5 Å². The van der Waals surface area contributed by atoms with Crippen LogP contribution in [0.5, 0.6) is 10.8 Å². The van der Waals surface area contributed by atoms with Gasteiger partial charge in [0.25, 0.3) is 5.91 Å². The molecule has 29 heavy (non-hydrogen) atoms. The molecule has 4 heterocycles. The number of carbonyl (C=O) groups is 1. The molecule has 1 aromatic heterocycles. The molecule has 0 spiro atoms. The van der Waals surface area contributed by atoms with E-state index >= 15 is 0 Å². The highest BCUT2D eigenvalue weighted by molar-refractivity contribution is 7.92. The minimum absolute atomic E-state index is 0.0852. The van der Waals surface area contributed by atoms with Crippen LogP contribution in [0.25, 0.3) is 0 Å². The molecule has 0 radical (unpaired) electrons. The van der Waals surface area contributed by atoms with Gasteiger partial charge in [-0.15, -0.1) is 0 Å². The van der Waals surface area contributed by atoms with E-state index in [1.807, 2.05) is 0 Å². The standard InChI is InChI=1S/C20H25N3O4S2/c1-13-19(14-9-11-23(13)12-10-14)21-20(24)17-7-8-18(28-17)27-16-6-4-3-5-15(16)22-29(2,25)26/h3-8,13-14,19,22H,9-12H2,1-2H3,(H,21,24)/t13-,19-/m0/s1. The lowest BCUT2D eigenvalue weighted by Crippen LogP contribution is -2.62. The van der Waals surface area contributed by atoms with E-state index < -0.39 is 10.0 Å². The summed E-state index contributed by atoms with van der Waals surface area (Å²) in [7, 11) is -3.42. The summed E-state index contributed by atoms with van der Waals surface area (Å²) in [6.45, 7) is 4.43. The molecule has 0 saturated carbocycles. The fraction of sp³-hybridized carbons (Fsp3) is 0.450. The first-order valence-corrected chi connectivity index (χ1v) is 12.4. The number of fused-ring (bicyclic) bond motifs is 3. The lowest BCUT2D eigenvalue weighted by atomic mass is 9.79. The summed E-state index contributed by atoms with van der Waals surface area (Å²) >= 11 is 1.25. The van der Waals surface area contributed by atoms with Crippen LogP contribution in [0.15, 0.2) is 36.4 Å². The van der Waals surface area contributed by atoms with Gasteiger partial charge in [-0.3, -0.25) is 14.4 Å². The van der Waals surface area contributed by atoms with E-state index in [1.54, 1.807) is 36.4 Å². The summed E-state index contributed by atoms with van der Waals surface area (Å²) in [4.78, 5) is 15.8. The number of hydrogen-bond acceptors (Lipinski definition) is 6. The Balaban J connectivity index is 1.45. The van der Waals surface area contributed by atoms with Gasteiger partial charge in [0.2, 0.25) is 10.0 Å². The molecule has 2 aromatic rings. The second-order valence-electron chi connectivity index (χ2n) is 7.70. The predicted octanol–water partition coefficient (Wildman–Crippen LogP) is 3.12. The van der Waals surface area contributed by atoms with Gasteiger partial charge in [-0.25, -0.2) is 8.42 Å². The van der Waals surface area contributed by atoms with Crippen molar-refractivity contribution < 1.29 is 17.9 Å². The quantitative estimate of drug-likeness (QED) is 0.728. The van der Waals surface area contributed by atoms with Gasteiger partial charge < -0.3 is 10.1 Å². The lowest BCUT2D eigenvalue weighted by Gasteiger charge is -2.49. The molecular weight excluding hydrogens is 410 g/mol. The van der Waals surface area contributed by atoms with Gasteiger partial charge in [-0.2, -0.15) is 0 Å². The molecule has 0 aliphatic carbocycles. The van der Waals surface area contributed by atoms with Gasteiger partial charge in [0.1, 0.15) is 0 Å². The van der Waals surface area contributed by atoms with Crippen LogP contribution in [0.4, 0.5) is 5.69 Å². The number of benzene rings is 1. The van der Waals surface area contributed by atoms with Crippen LogP contribution in [-0.2, 0) is 10.0 Å². The number of rotatable bonds is 6. The molecule has 1 amide bonds. The minimum atomic E-state index is -3.42. The Morgan fingerprint density at radius 1 is 1.17 bits per heavy atom. The number of amides is 1. The van der Waals surface area contributed by atoms with E-state index in [0.717, 1.165) is 32.2 Å². The van der Waals surface area contributed by atoms with E-state index in [0.29, 0.717) is 33.3 Å². The molecule has 3 saturated heterocycles. The summed E-state index contributed by atoms with van der Waals surface area (Å²) in [6.07, 6.45) is 3.36. The second-order valence-corrected chi connectivity index (χ2v) is 10.5. The van der Waals surface area contributed by atoms with Crippen LogP contribution in [-0.4, -0.2) is 50.7 Å². The zero-order valence-electron chi connectivity index (χ0n) is 16.4. The fourth-order valence-corrected chi connectivity index (χ4v) is 5.55. The Bertz CT molecular complexity index is 995. The van der Waals surface area contributed by atoms with Crippen molar-refractivity contribution in [3.63, 3.8) is 0 Å². The molecule has 156 valence electrons. The highest BCUT2D eigenvalue weighted by Gasteiger charge is 2.40. The zero-order chi connectivity index (χ0) is 20.6. The third-order valence-corrected chi connectivity index (χ3v) is 7.23. The molecule has 3 aliphatic rings. The van der Waals surface area contributed by atoms with Crippen molar-refractivity contribution in [1.82, 2.24) is 10.2 Å². The smallest absolute Gasteiger partial charge is 0.261 e. The van der Waals surface area contributed by atoms with Gasteiger partial charge in [0, 0.05) is 12.1 Å². The maximum atomic E-state index is 12.8. The lowest BCUT2D eigenvalue weighted by molar-refractivity contribution is 0.0218. The number of anilines is 1. The topological polar surface area (TPSA) is 87.7 Å². The molecule has 1 aromatic carbocycles. The number of ether oxygens (including phenoxy) is 1. The molecule has 7 nitrogen and oxygen atoms in total. The maximum absolute atomic E-state index is 12.8. The Morgan fingerprint density at radius 3 is 2.59 bits per heavy atom. The third-order valence-electron chi connectivity index (χ3n) is 5.67. The monoisotopic (exact) mass is 435 g/mol. The first kappa shape index (κ1) is 20.2. The average molecular weight is 436 g/mol. The van der Waals surface area contributed by atoms with Crippen molar-refractivity contribution in [3.05, 3.63) is 41.3 Å². The van der Waals surface area contributed by atoms with E-state index in [4.69, 9.17) is 4.74 Å². The van der Waals surface area contributed by atoms with Crippen molar-refractivity contribution in [2.24, 2.45) is 5.92 Å². The zero-order valence-corrected chi connectivity index (χ0v) is 18.1. The third kappa shape index (κ3) is 4.57. The molecule has 2 bridgehead atoms. The van der Waals surface area contributed by atoms with Crippen LogP contribution >= 0.6 is 11.3 Å². The van der Waals surface area contributed by atoms with E-state index in [2.05, 4.69) is 21.9 Å². The van der Waals surface area contributed by atoms with Crippen molar-refractivity contribution in [2.75, 3.05) is 24.1 Å². The Hall–Kier alpha value is -2.10. The molecule has 2 atom stereocenters. The van der Waals surface area contributed by atoms with Crippen molar-refractivity contribution in [3.8, 4) is 10.8 Å². The second kappa shape index (κ2) is 7.97. The summed E-state index contributed by atoms with van der Waals surface area (Å²) in [6, 6.07) is 10.8. The number of nitrogens with one attached hydrogen (secondary N) is 2. The van der Waals surface area contributed by atoms with Gasteiger partial charge >= 0.3 is 0 Å². The van der Waals surface area contributed by atoms with Crippen LogP contribution in [0, 0.1) is 5.92 Å². The van der Waals surface area contributed by atoms with Gasteiger partial charge in [-0.05, 0) is 63.0 Å². The summed E-state index contributed by atoms with van der Waals surface area (Å²) in [5.41, 5.74) is 0.357. The fourth-order valence-electron chi connectivity index (χ4n) is 4.21. The normalized spacial score (nSPS) is 26.1. The molecule has 5 rings (SSSR count). The first-order valence-electron chi connectivity index (χ1n) is 9.69. The average Bonchev–Trinajstić information content (AvgIpc) is 3.14. The molecule has 2 N–H and O–H groups in total. The molecule has 3 aliphatic heterocycles. The van der Waals surface area contributed by atoms with Crippen LogP contribution in [0.3, 0.4) is 0 Å². The highest BCUT2D eigenvalue weighted by Crippen LogP contribution is 2.35. The van der Waals surface area contributed by atoms with Crippen molar-refractivity contribution in [1.29, 1.82) is 0 Å². The van der Waals surface area contributed by atoms with Crippen molar-refractivity contribution in [2.45, 2.75) is 31.8 Å². The number of carbonyl (C=O) groups excluding carboxylic acids is 1. The Kier molecular flexibility index (Phi) is 5.54. The molecule has 0 unspecified atom stereocenters. The summed E-state index contributed by atoms with van der Waals surface area (Å²) in [5.74, 6) is 0.847. The van der Waals surface area contributed by atoms with Crippen molar-refractivity contribution >= 4 is 33.0 Å². The number of piperidine rings is 3. The van der Waals surface area contributed by atoms with E-state index in [-0.39, 0.29) is 11.9 Å². The maximum Gasteiger partial charge on any atom is 0.261 e.